The molecule has 1 aromatic carbocycles. The molecular formula is C13H19FN2O. The van der Waals surface area contributed by atoms with Gasteiger partial charge in [-0.2, -0.15) is 0 Å². The lowest BCUT2D eigenvalue weighted by atomic mass is 9.99. The molecule has 0 bridgehead atoms. The molecule has 1 unspecified atom stereocenters. The zero-order valence-electron chi connectivity index (χ0n) is 10.2. The van der Waals surface area contributed by atoms with Gasteiger partial charge in [0.25, 0.3) is 0 Å². The topological polar surface area (TPSA) is 38.5 Å². The first-order valence-corrected chi connectivity index (χ1v) is 5.88. The third-order valence-corrected chi connectivity index (χ3v) is 3.12. The van der Waals surface area contributed by atoms with E-state index in [4.69, 9.17) is 10.5 Å². The van der Waals surface area contributed by atoms with E-state index < -0.39 is 0 Å². The van der Waals surface area contributed by atoms with Crippen molar-refractivity contribution in [3.05, 3.63) is 35.6 Å². The minimum atomic E-state index is -0.278. The molecule has 0 spiro atoms. The molecule has 0 amide bonds. The molecule has 0 aliphatic carbocycles. The average molecular weight is 238 g/mol. The van der Waals surface area contributed by atoms with Crippen LogP contribution in [-0.2, 0) is 11.3 Å². The second kappa shape index (κ2) is 5.12. The zero-order chi connectivity index (χ0) is 12.3. The van der Waals surface area contributed by atoms with Crippen molar-refractivity contribution < 1.29 is 9.13 Å². The number of benzene rings is 1. The van der Waals surface area contributed by atoms with Crippen LogP contribution in [0.2, 0.25) is 0 Å². The van der Waals surface area contributed by atoms with Gasteiger partial charge >= 0.3 is 0 Å². The number of likely N-dealkylation sites (N-methyl/N-ethyl adjacent to an activating group) is 1. The first kappa shape index (κ1) is 12.5. The van der Waals surface area contributed by atoms with Crippen molar-refractivity contribution in [2.24, 2.45) is 5.73 Å². The van der Waals surface area contributed by atoms with Gasteiger partial charge in [0.2, 0.25) is 0 Å². The largest absolute Gasteiger partial charge is 0.379 e. The first-order valence-electron chi connectivity index (χ1n) is 5.88. The Morgan fingerprint density at radius 2 is 2.24 bits per heavy atom. The van der Waals surface area contributed by atoms with Gasteiger partial charge in [-0.15, -0.1) is 0 Å². The van der Waals surface area contributed by atoms with Gasteiger partial charge in [0.15, 0.2) is 0 Å². The van der Waals surface area contributed by atoms with E-state index >= 15 is 0 Å². The molecule has 1 aliphatic heterocycles. The van der Waals surface area contributed by atoms with Crippen LogP contribution in [0.5, 0.6) is 0 Å². The Bertz CT molecular complexity index is 377. The average Bonchev–Trinajstić information content (AvgIpc) is 2.68. The van der Waals surface area contributed by atoms with E-state index in [1.165, 1.54) is 6.07 Å². The molecule has 2 N–H and O–H groups in total. The summed E-state index contributed by atoms with van der Waals surface area (Å²) in [6.07, 6.45) is 0.870. The number of hydrogen-bond acceptors (Lipinski definition) is 3. The van der Waals surface area contributed by atoms with Gasteiger partial charge in [0, 0.05) is 25.3 Å². The highest BCUT2D eigenvalue weighted by atomic mass is 19.1. The van der Waals surface area contributed by atoms with E-state index in [-0.39, 0.29) is 11.4 Å². The third kappa shape index (κ3) is 3.25. The van der Waals surface area contributed by atoms with E-state index in [1.807, 2.05) is 18.0 Å². The van der Waals surface area contributed by atoms with E-state index in [2.05, 4.69) is 0 Å². The number of nitrogens with two attached hydrogens (primary N) is 1. The maximum absolute atomic E-state index is 13.5. The van der Waals surface area contributed by atoms with Crippen molar-refractivity contribution in [3.8, 4) is 0 Å². The molecule has 1 heterocycles. The molecule has 1 saturated heterocycles. The zero-order valence-corrected chi connectivity index (χ0v) is 10.2. The summed E-state index contributed by atoms with van der Waals surface area (Å²) in [5.74, 6) is -0.159. The van der Waals surface area contributed by atoms with Crippen molar-refractivity contribution in [1.82, 2.24) is 4.90 Å². The van der Waals surface area contributed by atoms with E-state index in [0.717, 1.165) is 19.6 Å². The van der Waals surface area contributed by atoms with E-state index in [0.29, 0.717) is 18.7 Å². The highest BCUT2D eigenvalue weighted by Crippen LogP contribution is 2.18. The maximum atomic E-state index is 13.5. The molecular weight excluding hydrogens is 219 g/mol. The van der Waals surface area contributed by atoms with Crippen LogP contribution in [0.3, 0.4) is 0 Å². The van der Waals surface area contributed by atoms with Crippen molar-refractivity contribution in [3.63, 3.8) is 0 Å². The van der Waals surface area contributed by atoms with Crippen LogP contribution in [0.4, 0.5) is 4.39 Å². The fourth-order valence-electron chi connectivity index (χ4n) is 2.26. The molecule has 94 valence electrons. The van der Waals surface area contributed by atoms with Crippen molar-refractivity contribution >= 4 is 0 Å². The molecule has 0 aromatic heterocycles. The van der Waals surface area contributed by atoms with Gasteiger partial charge in [0.05, 0.1) is 12.1 Å². The number of nitrogens with zero attached hydrogens (tertiary/aromatic N) is 1. The summed E-state index contributed by atoms with van der Waals surface area (Å²) < 4.78 is 18.8. The van der Waals surface area contributed by atoms with Crippen LogP contribution in [-0.4, -0.2) is 37.2 Å². The summed E-state index contributed by atoms with van der Waals surface area (Å²) in [5.41, 5.74) is 6.62. The van der Waals surface area contributed by atoms with E-state index in [1.54, 1.807) is 12.1 Å². The standard InChI is InChI=1S/C13H19FN2O/c1-16(9-13(15)6-7-17-10-13)8-11-4-2-3-5-12(11)14/h2-5H,6-10,15H2,1H3. The lowest BCUT2D eigenvalue weighted by molar-refractivity contribution is 0.159. The van der Waals surface area contributed by atoms with Crippen LogP contribution in [0.1, 0.15) is 12.0 Å². The van der Waals surface area contributed by atoms with Crippen LogP contribution in [0.25, 0.3) is 0 Å². The summed E-state index contributed by atoms with van der Waals surface area (Å²) in [5, 5.41) is 0. The molecule has 1 aliphatic rings. The number of ether oxygens (including phenoxy) is 1. The van der Waals surface area contributed by atoms with Crippen molar-refractivity contribution in [2.45, 2.75) is 18.5 Å². The molecule has 2 rings (SSSR count). The Kier molecular flexibility index (Phi) is 3.76. The lowest BCUT2D eigenvalue weighted by Gasteiger charge is -2.28. The van der Waals surface area contributed by atoms with Gasteiger partial charge in [-0.25, -0.2) is 4.39 Å². The van der Waals surface area contributed by atoms with Gasteiger partial charge in [-0.05, 0) is 19.5 Å². The molecule has 0 saturated carbocycles. The molecule has 1 atom stereocenters. The highest BCUT2D eigenvalue weighted by molar-refractivity contribution is 5.17. The van der Waals surface area contributed by atoms with Crippen molar-refractivity contribution in [2.75, 3.05) is 26.8 Å². The normalized spacial score (nSPS) is 24.5. The Labute approximate surface area is 101 Å². The van der Waals surface area contributed by atoms with Crippen LogP contribution < -0.4 is 5.73 Å². The molecule has 17 heavy (non-hydrogen) atoms. The van der Waals surface area contributed by atoms with Crippen LogP contribution in [0.15, 0.2) is 24.3 Å². The summed E-state index contributed by atoms with van der Waals surface area (Å²) in [6.45, 7) is 2.62. The Morgan fingerprint density at radius 1 is 1.47 bits per heavy atom. The molecule has 1 fully saturated rings. The minimum absolute atomic E-state index is 0.159. The van der Waals surface area contributed by atoms with Crippen molar-refractivity contribution in [1.29, 1.82) is 0 Å². The third-order valence-electron chi connectivity index (χ3n) is 3.12. The summed E-state index contributed by atoms with van der Waals surface area (Å²) in [6, 6.07) is 6.84. The highest BCUT2D eigenvalue weighted by Gasteiger charge is 2.31. The molecule has 1 aromatic rings. The van der Waals surface area contributed by atoms with Gasteiger partial charge in [-0.3, -0.25) is 0 Å². The van der Waals surface area contributed by atoms with E-state index in [9.17, 15) is 4.39 Å². The SMILES string of the molecule is CN(Cc1ccccc1F)CC1(N)CCOC1. The predicted octanol–water partition coefficient (Wildman–Crippen LogP) is 1.38. The fourth-order valence-corrected chi connectivity index (χ4v) is 2.26. The van der Waals surface area contributed by atoms with Gasteiger partial charge in [-0.1, -0.05) is 18.2 Å². The lowest BCUT2D eigenvalue weighted by Crippen LogP contribution is -2.49. The Morgan fingerprint density at radius 3 is 2.88 bits per heavy atom. The first-order chi connectivity index (χ1) is 8.09. The summed E-state index contributed by atoms with van der Waals surface area (Å²) in [4.78, 5) is 2.05. The summed E-state index contributed by atoms with van der Waals surface area (Å²) in [7, 11) is 1.96. The molecule has 0 radical (unpaired) electrons. The monoisotopic (exact) mass is 238 g/mol. The maximum Gasteiger partial charge on any atom is 0.127 e. The second-order valence-electron chi connectivity index (χ2n) is 4.93. The van der Waals surface area contributed by atoms with Crippen LogP contribution >= 0.6 is 0 Å². The molecule has 3 nitrogen and oxygen atoms in total. The minimum Gasteiger partial charge on any atom is -0.379 e. The number of hydrogen-bond donors (Lipinski definition) is 1. The van der Waals surface area contributed by atoms with Gasteiger partial charge in [0.1, 0.15) is 5.82 Å². The quantitative estimate of drug-likeness (QED) is 0.861. The Balaban J connectivity index is 1.93. The van der Waals surface area contributed by atoms with Gasteiger partial charge < -0.3 is 15.4 Å². The fraction of sp³-hybridized carbons (Fsp3) is 0.538. The second-order valence-corrected chi connectivity index (χ2v) is 4.93. The smallest absolute Gasteiger partial charge is 0.127 e. The summed E-state index contributed by atoms with van der Waals surface area (Å²) >= 11 is 0. The molecule has 4 heteroatoms. The van der Waals surface area contributed by atoms with Crippen LogP contribution in [0, 0.1) is 5.82 Å². The number of halogens is 1. The predicted molar refractivity (Wildman–Crippen MR) is 65.1 cm³/mol. The number of rotatable bonds is 4. The Hall–Kier alpha value is -0.970.